The Morgan fingerprint density at radius 2 is 1.63 bits per heavy atom. The minimum atomic E-state index is -0.185. The molecule has 27 heavy (non-hydrogen) atoms. The zero-order valence-corrected chi connectivity index (χ0v) is 15.0. The van der Waals surface area contributed by atoms with Gasteiger partial charge in [0.2, 0.25) is 5.91 Å². The molecule has 0 unspecified atom stereocenters. The van der Waals surface area contributed by atoms with Crippen LogP contribution in [0.1, 0.15) is 21.7 Å². The van der Waals surface area contributed by atoms with Gasteiger partial charge in [-0.1, -0.05) is 17.7 Å². The quantitative estimate of drug-likeness (QED) is 0.599. The third-order valence-electron chi connectivity index (χ3n) is 3.94. The summed E-state index contributed by atoms with van der Waals surface area (Å²) in [5.41, 5.74) is 3.20. The van der Waals surface area contributed by atoms with Crippen molar-refractivity contribution in [3.63, 3.8) is 0 Å². The standard InChI is InChI=1S/C21H21N3O3/c1-15-4-8-18(9-5-15)24-20(25)14-22-17-10-6-16(7-11-17)21(26)23-13-19-3-2-12-27-19/h2-12,22H,13-14H2,1H3,(H,23,26)(H,24,25). The molecule has 0 bridgehead atoms. The highest BCUT2D eigenvalue weighted by atomic mass is 16.3. The molecule has 0 radical (unpaired) electrons. The third-order valence-corrected chi connectivity index (χ3v) is 3.94. The Morgan fingerprint density at radius 1 is 0.926 bits per heavy atom. The van der Waals surface area contributed by atoms with Gasteiger partial charge >= 0.3 is 0 Å². The number of aryl methyl sites for hydroxylation is 1. The first-order valence-corrected chi connectivity index (χ1v) is 8.61. The molecule has 0 aliphatic carbocycles. The second-order valence-electron chi connectivity index (χ2n) is 6.11. The van der Waals surface area contributed by atoms with Crippen LogP contribution >= 0.6 is 0 Å². The smallest absolute Gasteiger partial charge is 0.251 e. The number of nitrogens with one attached hydrogen (secondary N) is 3. The first kappa shape index (κ1) is 18.3. The minimum absolute atomic E-state index is 0.137. The summed E-state index contributed by atoms with van der Waals surface area (Å²) in [4.78, 5) is 24.1. The number of carbonyl (C=O) groups is 2. The molecule has 138 valence electrons. The summed E-state index contributed by atoms with van der Waals surface area (Å²) in [7, 11) is 0. The van der Waals surface area contributed by atoms with Crippen molar-refractivity contribution < 1.29 is 14.0 Å². The molecule has 0 aliphatic heterocycles. The van der Waals surface area contributed by atoms with Crippen LogP contribution in [-0.4, -0.2) is 18.4 Å². The fraction of sp³-hybridized carbons (Fsp3) is 0.143. The Kier molecular flexibility index (Phi) is 5.89. The number of hydrogen-bond donors (Lipinski definition) is 3. The molecule has 0 saturated carbocycles. The molecule has 2 amide bonds. The molecule has 6 nitrogen and oxygen atoms in total. The van der Waals surface area contributed by atoms with E-state index in [9.17, 15) is 9.59 Å². The average molecular weight is 363 g/mol. The molecule has 6 heteroatoms. The van der Waals surface area contributed by atoms with Crippen molar-refractivity contribution >= 4 is 23.2 Å². The Hall–Kier alpha value is -3.54. The van der Waals surface area contributed by atoms with Crippen LogP contribution in [0.4, 0.5) is 11.4 Å². The molecule has 0 spiro atoms. The highest BCUT2D eigenvalue weighted by molar-refractivity contribution is 5.95. The van der Waals surface area contributed by atoms with Gasteiger partial charge in [-0.3, -0.25) is 9.59 Å². The van der Waals surface area contributed by atoms with Gasteiger partial charge in [-0.15, -0.1) is 0 Å². The lowest BCUT2D eigenvalue weighted by Crippen LogP contribution is -2.23. The second-order valence-corrected chi connectivity index (χ2v) is 6.11. The highest BCUT2D eigenvalue weighted by Gasteiger charge is 2.07. The first-order chi connectivity index (χ1) is 13.1. The summed E-state index contributed by atoms with van der Waals surface area (Å²) in [6.07, 6.45) is 1.57. The van der Waals surface area contributed by atoms with Crippen LogP contribution in [0.25, 0.3) is 0 Å². The molecule has 2 aromatic carbocycles. The van der Waals surface area contributed by atoms with Gasteiger partial charge in [0, 0.05) is 16.9 Å². The van der Waals surface area contributed by atoms with E-state index in [1.165, 1.54) is 0 Å². The highest BCUT2D eigenvalue weighted by Crippen LogP contribution is 2.11. The summed E-state index contributed by atoms with van der Waals surface area (Å²) in [5.74, 6) is 0.371. The van der Waals surface area contributed by atoms with E-state index < -0.39 is 0 Å². The molecule has 3 aromatic rings. The van der Waals surface area contributed by atoms with Gasteiger partial charge in [0.05, 0.1) is 19.4 Å². The number of furan rings is 1. The summed E-state index contributed by atoms with van der Waals surface area (Å²) < 4.78 is 5.18. The van der Waals surface area contributed by atoms with Crippen molar-refractivity contribution in [3.05, 3.63) is 83.8 Å². The van der Waals surface area contributed by atoms with Crippen LogP contribution in [0.3, 0.4) is 0 Å². The largest absolute Gasteiger partial charge is 0.467 e. The van der Waals surface area contributed by atoms with E-state index in [1.807, 2.05) is 31.2 Å². The van der Waals surface area contributed by atoms with E-state index in [2.05, 4.69) is 16.0 Å². The number of benzene rings is 2. The number of rotatable bonds is 7. The summed E-state index contributed by atoms with van der Waals surface area (Å²) in [6.45, 7) is 2.47. The SMILES string of the molecule is Cc1ccc(NC(=O)CNc2ccc(C(=O)NCc3ccco3)cc2)cc1. The van der Waals surface area contributed by atoms with E-state index in [4.69, 9.17) is 4.42 Å². The lowest BCUT2D eigenvalue weighted by molar-refractivity contribution is -0.114. The normalized spacial score (nSPS) is 10.3. The predicted molar refractivity (Wildman–Crippen MR) is 105 cm³/mol. The summed E-state index contributed by atoms with van der Waals surface area (Å²) >= 11 is 0. The number of carbonyl (C=O) groups excluding carboxylic acids is 2. The van der Waals surface area contributed by atoms with Crippen LogP contribution in [0.2, 0.25) is 0 Å². The molecular formula is C21H21N3O3. The van der Waals surface area contributed by atoms with E-state index in [0.29, 0.717) is 17.9 Å². The maximum absolute atomic E-state index is 12.1. The Balaban J connectivity index is 1.46. The first-order valence-electron chi connectivity index (χ1n) is 8.61. The van der Waals surface area contributed by atoms with E-state index in [1.54, 1.807) is 42.7 Å². The fourth-order valence-corrected chi connectivity index (χ4v) is 2.45. The van der Waals surface area contributed by atoms with Gasteiger partial charge in [0.1, 0.15) is 5.76 Å². The third kappa shape index (κ3) is 5.47. The Labute approximate surface area is 157 Å². The van der Waals surface area contributed by atoms with Gasteiger partial charge in [-0.2, -0.15) is 0 Å². The van der Waals surface area contributed by atoms with E-state index in [-0.39, 0.29) is 18.4 Å². The van der Waals surface area contributed by atoms with Crippen molar-refractivity contribution in [2.24, 2.45) is 0 Å². The van der Waals surface area contributed by atoms with Crippen molar-refractivity contribution in [1.82, 2.24) is 5.32 Å². The number of amides is 2. The fourth-order valence-electron chi connectivity index (χ4n) is 2.45. The second kappa shape index (κ2) is 8.71. The van der Waals surface area contributed by atoms with Gasteiger partial charge in [0.15, 0.2) is 0 Å². The van der Waals surface area contributed by atoms with Crippen LogP contribution in [0.15, 0.2) is 71.3 Å². The van der Waals surface area contributed by atoms with Gasteiger partial charge < -0.3 is 20.4 Å². The maximum atomic E-state index is 12.1. The maximum Gasteiger partial charge on any atom is 0.251 e. The number of anilines is 2. The molecule has 1 aromatic heterocycles. The van der Waals surface area contributed by atoms with E-state index in [0.717, 1.165) is 16.9 Å². The summed E-state index contributed by atoms with van der Waals surface area (Å²) in [6, 6.07) is 18.1. The molecule has 0 saturated heterocycles. The molecular weight excluding hydrogens is 342 g/mol. The Morgan fingerprint density at radius 3 is 2.30 bits per heavy atom. The van der Waals surface area contributed by atoms with Crippen LogP contribution in [0, 0.1) is 6.92 Å². The van der Waals surface area contributed by atoms with Crippen LogP contribution < -0.4 is 16.0 Å². The zero-order chi connectivity index (χ0) is 19.1. The molecule has 0 aliphatic rings. The van der Waals surface area contributed by atoms with Crippen LogP contribution in [-0.2, 0) is 11.3 Å². The zero-order valence-electron chi connectivity index (χ0n) is 15.0. The van der Waals surface area contributed by atoms with Gasteiger partial charge in [-0.05, 0) is 55.5 Å². The number of hydrogen-bond acceptors (Lipinski definition) is 4. The molecule has 0 fully saturated rings. The Bertz CT molecular complexity index is 885. The van der Waals surface area contributed by atoms with Crippen LogP contribution in [0.5, 0.6) is 0 Å². The molecule has 0 atom stereocenters. The van der Waals surface area contributed by atoms with Gasteiger partial charge in [-0.25, -0.2) is 0 Å². The lowest BCUT2D eigenvalue weighted by atomic mass is 10.2. The lowest BCUT2D eigenvalue weighted by Gasteiger charge is -2.09. The molecule has 3 rings (SSSR count). The monoisotopic (exact) mass is 363 g/mol. The van der Waals surface area contributed by atoms with E-state index >= 15 is 0 Å². The van der Waals surface area contributed by atoms with Crippen molar-refractivity contribution in [2.45, 2.75) is 13.5 Å². The van der Waals surface area contributed by atoms with Crippen molar-refractivity contribution in [1.29, 1.82) is 0 Å². The average Bonchev–Trinajstić information content (AvgIpc) is 3.20. The van der Waals surface area contributed by atoms with Crippen molar-refractivity contribution in [2.75, 3.05) is 17.2 Å². The predicted octanol–water partition coefficient (Wildman–Crippen LogP) is 3.57. The van der Waals surface area contributed by atoms with Crippen molar-refractivity contribution in [3.8, 4) is 0 Å². The topological polar surface area (TPSA) is 83.4 Å². The summed E-state index contributed by atoms with van der Waals surface area (Å²) in [5, 5.41) is 8.65. The van der Waals surface area contributed by atoms with Gasteiger partial charge in [0.25, 0.3) is 5.91 Å². The molecule has 3 N–H and O–H groups in total. The minimum Gasteiger partial charge on any atom is -0.467 e. The molecule has 1 heterocycles.